The van der Waals surface area contributed by atoms with Crippen molar-refractivity contribution >= 4 is 25.7 Å². The van der Waals surface area contributed by atoms with E-state index in [4.69, 9.17) is 20.2 Å². The van der Waals surface area contributed by atoms with Gasteiger partial charge in [0.25, 0.3) is 0 Å². The summed E-state index contributed by atoms with van der Waals surface area (Å²) in [4.78, 5) is 11.7. The Labute approximate surface area is 105 Å². The number of hydrogen-bond donors (Lipinski definition) is 0. The molecule has 5 nitrogen and oxygen atoms in total. The number of methoxy groups -OCH3 is 1. The molecule has 0 radical (unpaired) electrons. The molecular formula is C10H15ClO5S. The number of halogens is 1. The molecule has 0 amide bonds. The molecule has 0 aromatic rings. The predicted octanol–water partition coefficient (Wildman–Crippen LogP) is 1.06. The van der Waals surface area contributed by atoms with Crippen LogP contribution in [0.3, 0.4) is 0 Å². The summed E-state index contributed by atoms with van der Waals surface area (Å²) < 4.78 is 32.7. The van der Waals surface area contributed by atoms with Crippen LogP contribution >= 0.6 is 10.7 Å². The van der Waals surface area contributed by atoms with Gasteiger partial charge in [-0.05, 0) is 25.7 Å². The Bertz CT molecular complexity index is 405. The number of ether oxygens (including phenoxy) is 2. The average Bonchev–Trinajstić information content (AvgIpc) is 2.27. The maximum absolute atomic E-state index is 11.7. The summed E-state index contributed by atoms with van der Waals surface area (Å²) in [7, 11) is 3.05. The standard InChI is InChI=1S/C10H15ClO5S/c1-15-8(12)9-2-4-10(5-3-9,16-6-9)7-17(11,13)14/h2-7H2,1H3. The average molecular weight is 283 g/mol. The van der Waals surface area contributed by atoms with Crippen LogP contribution < -0.4 is 0 Å². The van der Waals surface area contributed by atoms with Crippen molar-refractivity contribution in [1.82, 2.24) is 0 Å². The minimum atomic E-state index is -3.58. The van der Waals surface area contributed by atoms with Crippen LogP contribution in [-0.4, -0.2) is 39.5 Å². The normalized spacial score (nSPS) is 36.8. The van der Waals surface area contributed by atoms with Crippen molar-refractivity contribution in [2.45, 2.75) is 31.3 Å². The largest absolute Gasteiger partial charge is 0.469 e. The van der Waals surface area contributed by atoms with E-state index in [9.17, 15) is 13.2 Å². The lowest BCUT2D eigenvalue weighted by Crippen LogP contribution is -2.56. The lowest BCUT2D eigenvalue weighted by Gasteiger charge is -2.50. The van der Waals surface area contributed by atoms with Gasteiger partial charge in [-0.15, -0.1) is 0 Å². The highest BCUT2D eigenvalue weighted by Gasteiger charge is 2.55. The van der Waals surface area contributed by atoms with Crippen LogP contribution in [0, 0.1) is 5.41 Å². The molecule has 2 saturated heterocycles. The van der Waals surface area contributed by atoms with Crippen molar-refractivity contribution in [1.29, 1.82) is 0 Å². The van der Waals surface area contributed by atoms with E-state index in [2.05, 4.69) is 0 Å². The minimum Gasteiger partial charge on any atom is -0.469 e. The fraction of sp³-hybridized carbons (Fsp3) is 0.900. The summed E-state index contributed by atoms with van der Waals surface area (Å²) in [5.74, 6) is -0.446. The highest BCUT2D eigenvalue weighted by molar-refractivity contribution is 8.13. The van der Waals surface area contributed by atoms with E-state index in [1.165, 1.54) is 7.11 Å². The number of carbonyl (C=O) groups excluding carboxylic acids is 1. The Morgan fingerprint density at radius 1 is 1.35 bits per heavy atom. The summed E-state index contributed by atoms with van der Waals surface area (Å²) in [5, 5.41) is 0. The molecule has 0 unspecified atom stereocenters. The maximum Gasteiger partial charge on any atom is 0.314 e. The van der Waals surface area contributed by atoms with Crippen molar-refractivity contribution in [2.75, 3.05) is 19.5 Å². The van der Waals surface area contributed by atoms with Gasteiger partial charge in [-0.2, -0.15) is 0 Å². The molecule has 98 valence electrons. The third-order valence-electron chi connectivity index (χ3n) is 3.83. The Hall–Kier alpha value is -0.330. The first-order valence-corrected chi connectivity index (χ1v) is 7.94. The Balaban J connectivity index is 2.12. The van der Waals surface area contributed by atoms with Gasteiger partial charge < -0.3 is 9.47 Å². The maximum atomic E-state index is 11.7. The molecular weight excluding hydrogens is 268 g/mol. The highest BCUT2D eigenvalue weighted by atomic mass is 35.7. The molecule has 0 aromatic carbocycles. The zero-order chi connectivity index (χ0) is 12.7. The first-order valence-electron chi connectivity index (χ1n) is 5.46. The van der Waals surface area contributed by atoms with Crippen LogP contribution in [0.1, 0.15) is 25.7 Å². The van der Waals surface area contributed by atoms with Gasteiger partial charge in [-0.3, -0.25) is 4.79 Å². The first-order chi connectivity index (χ1) is 7.81. The van der Waals surface area contributed by atoms with E-state index in [1.807, 2.05) is 0 Å². The quantitative estimate of drug-likeness (QED) is 0.572. The molecule has 2 aliphatic heterocycles. The van der Waals surface area contributed by atoms with Crippen LogP contribution in [-0.2, 0) is 23.3 Å². The Kier molecular flexibility index (Phi) is 3.16. The number of rotatable bonds is 3. The number of hydrogen-bond acceptors (Lipinski definition) is 5. The van der Waals surface area contributed by atoms with E-state index >= 15 is 0 Å². The summed E-state index contributed by atoms with van der Waals surface area (Å²) in [5.41, 5.74) is -1.27. The van der Waals surface area contributed by atoms with E-state index in [-0.39, 0.29) is 18.3 Å². The second-order valence-corrected chi connectivity index (χ2v) is 7.70. The van der Waals surface area contributed by atoms with Gasteiger partial charge in [0, 0.05) is 10.7 Å². The van der Waals surface area contributed by atoms with Crippen molar-refractivity contribution in [3.05, 3.63) is 0 Å². The molecule has 17 heavy (non-hydrogen) atoms. The van der Waals surface area contributed by atoms with Crippen LogP contribution in [0.5, 0.6) is 0 Å². The molecule has 7 heteroatoms. The SMILES string of the molecule is COC(=O)C12CCC(CS(=O)(=O)Cl)(CC1)OC2. The van der Waals surface area contributed by atoms with Crippen LogP contribution in [0.15, 0.2) is 0 Å². The molecule has 3 aliphatic rings. The molecule has 1 saturated carbocycles. The summed E-state index contributed by atoms with van der Waals surface area (Å²) in [6.45, 7) is 0.228. The molecule has 0 N–H and O–H groups in total. The van der Waals surface area contributed by atoms with E-state index < -0.39 is 20.1 Å². The monoisotopic (exact) mass is 282 g/mol. The molecule has 2 heterocycles. The van der Waals surface area contributed by atoms with Crippen molar-refractivity contribution in [3.63, 3.8) is 0 Å². The molecule has 3 rings (SSSR count). The lowest BCUT2D eigenvalue weighted by atomic mass is 9.66. The summed E-state index contributed by atoms with van der Waals surface area (Å²) in [6, 6.07) is 0. The highest BCUT2D eigenvalue weighted by Crippen LogP contribution is 2.50. The second-order valence-electron chi connectivity index (χ2n) is 4.93. The van der Waals surface area contributed by atoms with Crippen LogP contribution in [0.4, 0.5) is 0 Å². The van der Waals surface area contributed by atoms with Gasteiger partial charge in [0.1, 0.15) is 0 Å². The summed E-state index contributed by atoms with van der Waals surface area (Å²) >= 11 is 0. The lowest BCUT2D eigenvalue weighted by molar-refractivity contribution is -0.197. The van der Waals surface area contributed by atoms with Gasteiger partial charge in [-0.25, -0.2) is 8.42 Å². The first kappa shape index (κ1) is 13.1. The fourth-order valence-corrected chi connectivity index (χ4v) is 4.34. The Morgan fingerprint density at radius 2 is 1.94 bits per heavy atom. The predicted molar refractivity (Wildman–Crippen MR) is 61.2 cm³/mol. The van der Waals surface area contributed by atoms with Gasteiger partial charge in [0.05, 0.1) is 30.5 Å². The van der Waals surface area contributed by atoms with Crippen molar-refractivity contribution in [3.8, 4) is 0 Å². The van der Waals surface area contributed by atoms with Crippen LogP contribution in [0.2, 0.25) is 0 Å². The molecule has 0 spiro atoms. The third kappa shape index (κ3) is 2.44. The summed E-state index contributed by atoms with van der Waals surface area (Å²) in [6.07, 6.45) is 2.28. The van der Waals surface area contributed by atoms with Gasteiger partial charge in [0.2, 0.25) is 9.05 Å². The van der Waals surface area contributed by atoms with E-state index in [0.29, 0.717) is 25.7 Å². The molecule has 1 aliphatic carbocycles. The number of esters is 1. The zero-order valence-electron chi connectivity index (χ0n) is 9.57. The van der Waals surface area contributed by atoms with Crippen molar-refractivity contribution in [2.24, 2.45) is 5.41 Å². The van der Waals surface area contributed by atoms with Gasteiger partial charge >= 0.3 is 5.97 Å². The minimum absolute atomic E-state index is 0.182. The molecule has 2 bridgehead atoms. The number of carbonyl (C=O) groups is 1. The third-order valence-corrected chi connectivity index (χ3v) is 5.03. The fourth-order valence-electron chi connectivity index (χ4n) is 2.74. The topological polar surface area (TPSA) is 69.7 Å². The van der Waals surface area contributed by atoms with Crippen LogP contribution in [0.25, 0.3) is 0 Å². The smallest absolute Gasteiger partial charge is 0.314 e. The van der Waals surface area contributed by atoms with Gasteiger partial charge in [0.15, 0.2) is 0 Å². The van der Waals surface area contributed by atoms with Gasteiger partial charge in [-0.1, -0.05) is 0 Å². The van der Waals surface area contributed by atoms with E-state index in [0.717, 1.165) is 0 Å². The number of fused-ring (bicyclic) bond motifs is 3. The second kappa shape index (κ2) is 4.10. The van der Waals surface area contributed by atoms with E-state index in [1.54, 1.807) is 0 Å². The molecule has 0 aromatic heterocycles. The van der Waals surface area contributed by atoms with Crippen molar-refractivity contribution < 1.29 is 22.7 Å². The molecule has 3 fully saturated rings. The zero-order valence-corrected chi connectivity index (χ0v) is 11.1. The Morgan fingerprint density at radius 3 is 2.29 bits per heavy atom. The molecule has 0 atom stereocenters.